The zero-order valence-corrected chi connectivity index (χ0v) is 19.9. The molecule has 1 atom stereocenters. The summed E-state index contributed by atoms with van der Waals surface area (Å²) in [5.41, 5.74) is 1.25. The lowest BCUT2D eigenvalue weighted by Crippen LogP contribution is -2.40. The molecule has 0 radical (unpaired) electrons. The van der Waals surface area contributed by atoms with E-state index < -0.39 is 15.9 Å². The standard InChI is InChI=1S/C24H23Cl2NO4S/c1-2-31-23-21(25)12-18(13-22(23)26)24(28)27(19-10-11-32(29,30)15-19)14-17-8-5-7-16-6-3-4-9-20(16)17/h3-9,12-13,19H,2,10-11,14-15H2,1H3/t19-/m0/s1. The molecule has 1 fully saturated rings. The Kier molecular flexibility index (Phi) is 6.65. The number of nitrogens with zero attached hydrogens (tertiary/aromatic N) is 1. The minimum Gasteiger partial charge on any atom is -0.491 e. The molecule has 0 aromatic heterocycles. The zero-order valence-electron chi connectivity index (χ0n) is 17.6. The first-order valence-electron chi connectivity index (χ1n) is 10.4. The lowest BCUT2D eigenvalue weighted by Gasteiger charge is -2.29. The Morgan fingerprint density at radius 3 is 2.44 bits per heavy atom. The van der Waals surface area contributed by atoms with Gasteiger partial charge in [0.25, 0.3) is 5.91 Å². The second kappa shape index (κ2) is 9.30. The molecule has 0 bridgehead atoms. The van der Waals surface area contributed by atoms with Crippen LogP contribution in [0.5, 0.6) is 5.75 Å². The molecule has 168 valence electrons. The van der Waals surface area contributed by atoms with Gasteiger partial charge < -0.3 is 9.64 Å². The SMILES string of the molecule is CCOc1c(Cl)cc(C(=O)N(Cc2cccc3ccccc23)[C@H]2CCS(=O)(=O)C2)cc1Cl. The maximum Gasteiger partial charge on any atom is 0.254 e. The lowest BCUT2D eigenvalue weighted by atomic mass is 10.0. The molecular formula is C24H23Cl2NO4S. The van der Waals surface area contributed by atoms with Crippen molar-refractivity contribution in [2.75, 3.05) is 18.1 Å². The van der Waals surface area contributed by atoms with Crippen molar-refractivity contribution >= 4 is 49.7 Å². The van der Waals surface area contributed by atoms with E-state index in [1.807, 2.05) is 49.4 Å². The molecular weight excluding hydrogens is 469 g/mol. The summed E-state index contributed by atoms with van der Waals surface area (Å²) in [5, 5.41) is 2.57. The summed E-state index contributed by atoms with van der Waals surface area (Å²) in [6.07, 6.45) is 0.400. The van der Waals surface area contributed by atoms with Gasteiger partial charge in [0.2, 0.25) is 0 Å². The highest BCUT2D eigenvalue weighted by Gasteiger charge is 2.35. The van der Waals surface area contributed by atoms with Crippen molar-refractivity contribution in [3.8, 4) is 5.75 Å². The van der Waals surface area contributed by atoms with Gasteiger partial charge in [0.1, 0.15) is 0 Å². The summed E-state index contributed by atoms with van der Waals surface area (Å²) in [6.45, 7) is 2.49. The number of amides is 1. The Morgan fingerprint density at radius 2 is 1.78 bits per heavy atom. The van der Waals surface area contributed by atoms with Crippen LogP contribution in [0.3, 0.4) is 0 Å². The quantitative estimate of drug-likeness (QED) is 0.464. The van der Waals surface area contributed by atoms with E-state index in [4.69, 9.17) is 27.9 Å². The largest absolute Gasteiger partial charge is 0.491 e. The Balaban J connectivity index is 1.74. The third-order valence-corrected chi connectivity index (χ3v) is 7.98. The van der Waals surface area contributed by atoms with Gasteiger partial charge >= 0.3 is 0 Å². The molecule has 3 aromatic rings. The van der Waals surface area contributed by atoms with Crippen molar-refractivity contribution in [2.45, 2.75) is 25.9 Å². The number of ether oxygens (including phenoxy) is 1. The summed E-state index contributed by atoms with van der Waals surface area (Å²) in [4.78, 5) is 15.3. The molecule has 1 saturated heterocycles. The van der Waals surface area contributed by atoms with E-state index >= 15 is 0 Å². The van der Waals surface area contributed by atoms with Crippen LogP contribution in [0.1, 0.15) is 29.3 Å². The van der Waals surface area contributed by atoms with Crippen LogP contribution in [-0.4, -0.2) is 43.4 Å². The summed E-state index contributed by atoms with van der Waals surface area (Å²) >= 11 is 12.7. The van der Waals surface area contributed by atoms with Gasteiger partial charge in [0.15, 0.2) is 15.6 Å². The number of benzene rings is 3. The summed E-state index contributed by atoms with van der Waals surface area (Å²) in [5.74, 6) is 0.0346. The first-order chi connectivity index (χ1) is 15.3. The van der Waals surface area contributed by atoms with Crippen molar-refractivity contribution in [3.05, 3.63) is 75.8 Å². The normalized spacial score (nSPS) is 17.4. The second-order valence-corrected chi connectivity index (χ2v) is 10.9. The summed E-state index contributed by atoms with van der Waals surface area (Å²) in [6, 6.07) is 16.5. The lowest BCUT2D eigenvalue weighted by molar-refractivity contribution is 0.0682. The van der Waals surface area contributed by atoms with Crippen LogP contribution in [0.4, 0.5) is 0 Å². The highest BCUT2D eigenvalue weighted by Crippen LogP contribution is 2.35. The average Bonchev–Trinajstić information content (AvgIpc) is 3.13. The second-order valence-electron chi connectivity index (χ2n) is 7.83. The van der Waals surface area contributed by atoms with Crippen molar-refractivity contribution in [1.29, 1.82) is 0 Å². The van der Waals surface area contributed by atoms with Gasteiger partial charge in [-0.3, -0.25) is 4.79 Å². The topological polar surface area (TPSA) is 63.7 Å². The van der Waals surface area contributed by atoms with Crippen LogP contribution in [0, 0.1) is 0 Å². The molecule has 0 aliphatic carbocycles. The summed E-state index contributed by atoms with van der Waals surface area (Å²) < 4.78 is 29.9. The number of halogens is 2. The van der Waals surface area contributed by atoms with Crippen molar-refractivity contribution in [1.82, 2.24) is 4.90 Å². The molecule has 8 heteroatoms. The van der Waals surface area contributed by atoms with Crippen LogP contribution in [0.15, 0.2) is 54.6 Å². The van der Waals surface area contributed by atoms with Crippen molar-refractivity contribution in [3.63, 3.8) is 0 Å². The first-order valence-corrected chi connectivity index (χ1v) is 13.0. The molecule has 3 aromatic carbocycles. The zero-order chi connectivity index (χ0) is 22.9. The van der Waals surface area contributed by atoms with E-state index in [2.05, 4.69) is 0 Å². The highest BCUT2D eigenvalue weighted by atomic mass is 35.5. The molecule has 32 heavy (non-hydrogen) atoms. The van der Waals surface area contributed by atoms with E-state index in [-0.39, 0.29) is 34.0 Å². The van der Waals surface area contributed by atoms with E-state index in [1.54, 1.807) is 4.90 Å². The molecule has 1 amide bonds. The van der Waals surface area contributed by atoms with Gasteiger partial charge in [0, 0.05) is 18.2 Å². The average molecular weight is 492 g/mol. The van der Waals surface area contributed by atoms with E-state index in [0.29, 0.717) is 24.3 Å². The van der Waals surface area contributed by atoms with Crippen molar-refractivity contribution in [2.24, 2.45) is 0 Å². The van der Waals surface area contributed by atoms with Crippen LogP contribution in [0.25, 0.3) is 10.8 Å². The minimum atomic E-state index is -3.19. The number of rotatable bonds is 6. The molecule has 1 aliphatic heterocycles. The fourth-order valence-electron chi connectivity index (χ4n) is 4.13. The maximum atomic E-state index is 13.6. The van der Waals surface area contributed by atoms with Crippen molar-refractivity contribution < 1.29 is 17.9 Å². The highest BCUT2D eigenvalue weighted by molar-refractivity contribution is 7.91. The third kappa shape index (κ3) is 4.72. The van der Waals surface area contributed by atoms with Gasteiger partial charge in [-0.05, 0) is 41.8 Å². The van der Waals surface area contributed by atoms with E-state index in [9.17, 15) is 13.2 Å². The third-order valence-electron chi connectivity index (χ3n) is 5.66. The Morgan fingerprint density at radius 1 is 1.09 bits per heavy atom. The molecule has 0 spiro atoms. The number of hydrogen-bond donors (Lipinski definition) is 0. The molecule has 1 aliphatic rings. The summed E-state index contributed by atoms with van der Waals surface area (Å²) in [7, 11) is -3.19. The van der Waals surface area contributed by atoms with Crippen LogP contribution in [0.2, 0.25) is 10.0 Å². The van der Waals surface area contributed by atoms with Crippen LogP contribution >= 0.6 is 23.2 Å². The Hall–Kier alpha value is -2.28. The predicted molar refractivity (Wildman–Crippen MR) is 129 cm³/mol. The number of carbonyl (C=O) groups is 1. The number of fused-ring (bicyclic) bond motifs is 1. The van der Waals surface area contributed by atoms with Crippen LogP contribution in [-0.2, 0) is 16.4 Å². The van der Waals surface area contributed by atoms with Gasteiger partial charge in [0.05, 0.1) is 28.2 Å². The Labute approximate surface area is 197 Å². The number of sulfone groups is 1. The van der Waals surface area contributed by atoms with E-state index in [1.165, 1.54) is 12.1 Å². The fraction of sp³-hybridized carbons (Fsp3) is 0.292. The monoisotopic (exact) mass is 491 g/mol. The van der Waals surface area contributed by atoms with E-state index in [0.717, 1.165) is 16.3 Å². The van der Waals surface area contributed by atoms with Gasteiger partial charge in [-0.1, -0.05) is 65.7 Å². The van der Waals surface area contributed by atoms with Crippen LogP contribution < -0.4 is 4.74 Å². The van der Waals surface area contributed by atoms with Gasteiger partial charge in [-0.15, -0.1) is 0 Å². The Bertz CT molecular complexity index is 1250. The minimum absolute atomic E-state index is 0.0536. The number of carbonyl (C=O) groups excluding carboxylic acids is 1. The van der Waals surface area contributed by atoms with Gasteiger partial charge in [-0.25, -0.2) is 8.42 Å². The number of hydrogen-bond acceptors (Lipinski definition) is 4. The maximum absolute atomic E-state index is 13.6. The smallest absolute Gasteiger partial charge is 0.254 e. The fourth-order valence-corrected chi connectivity index (χ4v) is 6.46. The predicted octanol–water partition coefficient (Wildman–Crippen LogP) is 5.37. The molecule has 1 heterocycles. The molecule has 0 N–H and O–H groups in total. The first kappa shape index (κ1) is 22.9. The van der Waals surface area contributed by atoms with Gasteiger partial charge in [-0.2, -0.15) is 0 Å². The molecule has 0 saturated carbocycles. The molecule has 4 rings (SSSR count). The molecule has 5 nitrogen and oxygen atoms in total. The molecule has 0 unspecified atom stereocenters.